The maximum Gasteiger partial charge on any atom is 0.161 e. The first-order chi connectivity index (χ1) is 19.6. The first-order valence-electron chi connectivity index (χ1n) is 13.4. The van der Waals surface area contributed by atoms with Crippen molar-refractivity contribution in [3.63, 3.8) is 0 Å². The Morgan fingerprint density at radius 3 is 2.67 bits per heavy atom. The normalized spacial score (nSPS) is 13.9. The van der Waals surface area contributed by atoms with Gasteiger partial charge in [-0.25, -0.2) is 14.4 Å². The zero-order valence-corrected chi connectivity index (χ0v) is 22.0. The average molecular weight is 535 g/mol. The van der Waals surface area contributed by atoms with Crippen molar-refractivity contribution in [2.75, 3.05) is 26.2 Å². The van der Waals surface area contributed by atoms with E-state index in [-0.39, 0.29) is 5.82 Å². The van der Waals surface area contributed by atoms with Crippen LogP contribution in [0.4, 0.5) is 4.39 Å². The number of aryl methyl sites for hydroxylation is 1. The molecule has 1 saturated heterocycles. The summed E-state index contributed by atoms with van der Waals surface area (Å²) in [5.74, 6) is 0.659. The summed E-state index contributed by atoms with van der Waals surface area (Å²) < 4.78 is 20.6. The molecule has 0 radical (unpaired) electrons. The molecule has 200 valence electrons. The molecule has 7 rings (SSSR count). The zero-order chi connectivity index (χ0) is 27.1. The van der Waals surface area contributed by atoms with Gasteiger partial charge in [-0.3, -0.25) is 20.0 Å². The molecule has 0 unspecified atom stereocenters. The number of halogens is 1. The Morgan fingerprint density at radius 2 is 1.80 bits per heavy atom. The third kappa shape index (κ3) is 4.56. The number of nitrogens with zero attached hydrogens (tertiary/aromatic N) is 6. The maximum absolute atomic E-state index is 14.7. The highest BCUT2D eigenvalue weighted by molar-refractivity contribution is 5.96. The summed E-state index contributed by atoms with van der Waals surface area (Å²) in [5.41, 5.74) is 7.63. The summed E-state index contributed by atoms with van der Waals surface area (Å²) in [6.45, 7) is 5.57. The third-order valence-corrected chi connectivity index (χ3v) is 7.40. The van der Waals surface area contributed by atoms with Gasteiger partial charge < -0.3 is 9.72 Å². The van der Waals surface area contributed by atoms with Crippen LogP contribution in [0, 0.1) is 12.7 Å². The average Bonchev–Trinajstić information content (AvgIpc) is 3.72. The number of H-pyrrole nitrogens is 2. The molecule has 0 aliphatic carbocycles. The number of aromatic amines is 2. The van der Waals surface area contributed by atoms with Crippen molar-refractivity contribution >= 4 is 22.1 Å². The molecule has 0 saturated carbocycles. The Balaban J connectivity index is 1.24. The second kappa shape index (κ2) is 10.1. The maximum atomic E-state index is 14.7. The van der Waals surface area contributed by atoms with Crippen LogP contribution >= 0.6 is 0 Å². The van der Waals surface area contributed by atoms with E-state index in [4.69, 9.17) is 14.7 Å². The van der Waals surface area contributed by atoms with Gasteiger partial charge in [0.25, 0.3) is 0 Å². The summed E-state index contributed by atoms with van der Waals surface area (Å²) in [4.78, 5) is 24.1. The summed E-state index contributed by atoms with van der Waals surface area (Å²) in [6, 6.07) is 10.6. The van der Waals surface area contributed by atoms with Crippen LogP contribution < -0.4 is 4.74 Å². The molecular weight excluding hydrogens is 507 g/mol. The molecule has 6 aromatic rings. The van der Waals surface area contributed by atoms with Crippen LogP contribution in [0.1, 0.15) is 18.4 Å². The van der Waals surface area contributed by atoms with E-state index in [0.717, 1.165) is 42.0 Å². The van der Waals surface area contributed by atoms with Gasteiger partial charge in [-0.15, -0.1) is 0 Å². The molecule has 2 N–H and O–H groups in total. The molecule has 0 spiro atoms. The lowest BCUT2D eigenvalue weighted by atomic mass is 10.1. The van der Waals surface area contributed by atoms with Gasteiger partial charge in [0.05, 0.1) is 28.4 Å². The predicted octanol–water partition coefficient (Wildman–Crippen LogP) is 5.55. The van der Waals surface area contributed by atoms with E-state index in [2.05, 4.69) is 30.0 Å². The first kappa shape index (κ1) is 24.3. The lowest BCUT2D eigenvalue weighted by Gasteiger charge is -2.15. The van der Waals surface area contributed by atoms with Crippen molar-refractivity contribution in [2.45, 2.75) is 19.8 Å². The highest BCUT2D eigenvalue weighted by Gasteiger charge is 2.18. The van der Waals surface area contributed by atoms with E-state index in [0.29, 0.717) is 51.6 Å². The first-order valence-corrected chi connectivity index (χ1v) is 13.4. The van der Waals surface area contributed by atoms with Gasteiger partial charge in [0.15, 0.2) is 11.5 Å². The number of likely N-dealkylation sites (tertiary alicyclic amines) is 1. The summed E-state index contributed by atoms with van der Waals surface area (Å²) in [7, 11) is 0. The number of fused-ring (bicyclic) bond motifs is 2. The minimum absolute atomic E-state index is 0.373. The van der Waals surface area contributed by atoms with Gasteiger partial charge in [-0.1, -0.05) is 0 Å². The summed E-state index contributed by atoms with van der Waals surface area (Å²) in [6.07, 6.45) is 9.42. The van der Waals surface area contributed by atoms with Crippen molar-refractivity contribution in [1.82, 2.24) is 40.0 Å². The van der Waals surface area contributed by atoms with E-state index in [9.17, 15) is 4.39 Å². The molecule has 5 aromatic heterocycles. The second-order valence-electron chi connectivity index (χ2n) is 10.1. The molecular formula is C30H27FN8O. The molecule has 0 atom stereocenters. The largest absolute Gasteiger partial charge is 0.492 e. The van der Waals surface area contributed by atoms with Gasteiger partial charge in [0.1, 0.15) is 23.7 Å². The smallest absolute Gasteiger partial charge is 0.161 e. The molecule has 1 aromatic carbocycles. The van der Waals surface area contributed by atoms with Crippen LogP contribution in [0.5, 0.6) is 5.75 Å². The molecule has 10 heteroatoms. The topological polar surface area (TPSA) is 108 Å². The Kier molecular flexibility index (Phi) is 6.16. The highest BCUT2D eigenvalue weighted by Crippen LogP contribution is 2.33. The van der Waals surface area contributed by atoms with Crippen LogP contribution in [-0.4, -0.2) is 66.3 Å². The third-order valence-electron chi connectivity index (χ3n) is 7.40. The summed E-state index contributed by atoms with van der Waals surface area (Å²) >= 11 is 0. The van der Waals surface area contributed by atoms with Gasteiger partial charge in [-0.2, -0.15) is 5.10 Å². The fraction of sp³-hybridized carbons (Fsp3) is 0.233. The molecule has 1 fully saturated rings. The Hall–Kier alpha value is -4.70. The van der Waals surface area contributed by atoms with Gasteiger partial charge in [0, 0.05) is 42.3 Å². The molecule has 40 heavy (non-hydrogen) atoms. The van der Waals surface area contributed by atoms with E-state index in [1.807, 2.05) is 37.4 Å². The SMILES string of the molecule is Cc1ccncc1-c1ccc2[nH]nc(-c3nc4c(-c5cc(F)cc(OCCN6CCCC6)c5)cncc4[nH]3)c2n1. The number of pyridine rings is 3. The Labute approximate surface area is 229 Å². The van der Waals surface area contributed by atoms with E-state index >= 15 is 0 Å². The highest BCUT2D eigenvalue weighted by atomic mass is 19.1. The minimum atomic E-state index is -0.373. The second-order valence-corrected chi connectivity index (χ2v) is 10.1. The number of hydrogen-bond acceptors (Lipinski definition) is 7. The monoisotopic (exact) mass is 534 g/mol. The number of aromatic nitrogens is 7. The van der Waals surface area contributed by atoms with Crippen molar-refractivity contribution < 1.29 is 9.13 Å². The lowest BCUT2D eigenvalue weighted by Crippen LogP contribution is -2.25. The number of ether oxygens (including phenoxy) is 1. The number of nitrogens with one attached hydrogen (secondary N) is 2. The van der Waals surface area contributed by atoms with E-state index in [1.165, 1.54) is 25.0 Å². The molecule has 0 amide bonds. The molecule has 1 aliphatic heterocycles. The van der Waals surface area contributed by atoms with E-state index in [1.54, 1.807) is 18.6 Å². The van der Waals surface area contributed by atoms with Crippen LogP contribution in [0.15, 0.2) is 61.2 Å². The quantitative estimate of drug-likeness (QED) is 0.277. The molecule has 6 heterocycles. The van der Waals surface area contributed by atoms with Crippen molar-refractivity contribution in [2.24, 2.45) is 0 Å². The zero-order valence-electron chi connectivity index (χ0n) is 22.0. The number of imidazole rings is 1. The fourth-order valence-corrected chi connectivity index (χ4v) is 5.30. The number of benzene rings is 1. The predicted molar refractivity (Wildman–Crippen MR) is 151 cm³/mol. The summed E-state index contributed by atoms with van der Waals surface area (Å²) in [5, 5.41) is 7.57. The van der Waals surface area contributed by atoms with Crippen LogP contribution in [0.25, 0.3) is 56.0 Å². The molecule has 1 aliphatic rings. The Morgan fingerprint density at radius 1 is 0.925 bits per heavy atom. The van der Waals surface area contributed by atoms with E-state index < -0.39 is 0 Å². The van der Waals surface area contributed by atoms with Gasteiger partial charge in [-0.05, 0) is 74.3 Å². The lowest BCUT2D eigenvalue weighted by molar-refractivity contribution is 0.237. The van der Waals surface area contributed by atoms with Gasteiger partial charge >= 0.3 is 0 Å². The fourth-order valence-electron chi connectivity index (χ4n) is 5.30. The van der Waals surface area contributed by atoms with Crippen molar-refractivity contribution in [1.29, 1.82) is 0 Å². The van der Waals surface area contributed by atoms with Crippen LogP contribution in [-0.2, 0) is 0 Å². The van der Waals surface area contributed by atoms with Crippen molar-refractivity contribution in [3.05, 3.63) is 72.6 Å². The molecule has 0 bridgehead atoms. The number of hydrogen-bond donors (Lipinski definition) is 2. The van der Waals surface area contributed by atoms with Crippen molar-refractivity contribution in [3.8, 4) is 39.7 Å². The number of rotatable bonds is 7. The standard InChI is InChI=1S/C30H27FN8O/c1-18-6-7-32-15-22(18)24-4-5-25-28(34-24)29(38-37-25)30-35-26-17-33-16-23(27(26)36-30)19-12-20(31)14-21(13-19)40-11-10-39-8-2-3-9-39/h4-7,12-17H,2-3,8-11H2,1H3,(H,35,36)(H,37,38). The minimum Gasteiger partial charge on any atom is -0.492 e. The molecule has 9 nitrogen and oxygen atoms in total. The van der Waals surface area contributed by atoms with Crippen LogP contribution in [0.3, 0.4) is 0 Å². The Bertz CT molecular complexity index is 1840. The van der Waals surface area contributed by atoms with Crippen LogP contribution in [0.2, 0.25) is 0 Å². The van der Waals surface area contributed by atoms with Gasteiger partial charge in [0.2, 0.25) is 0 Å².